The minimum Gasteiger partial charge on any atom is -0.494 e. The third-order valence-electron chi connectivity index (χ3n) is 8.36. The number of aromatic nitrogens is 2. The number of carbonyl (C=O) groups is 2. The first-order valence-electron chi connectivity index (χ1n) is 15.8. The van der Waals surface area contributed by atoms with Crippen LogP contribution in [-0.2, 0) is 16.0 Å². The summed E-state index contributed by atoms with van der Waals surface area (Å²) >= 11 is 0. The van der Waals surface area contributed by atoms with Crippen molar-refractivity contribution in [1.82, 2.24) is 14.5 Å². The van der Waals surface area contributed by atoms with Crippen LogP contribution >= 0.6 is 0 Å². The van der Waals surface area contributed by atoms with Crippen LogP contribution in [0.3, 0.4) is 0 Å². The highest BCUT2D eigenvalue weighted by molar-refractivity contribution is 6.06. The van der Waals surface area contributed by atoms with E-state index >= 15 is 4.39 Å². The van der Waals surface area contributed by atoms with E-state index in [0.717, 1.165) is 6.07 Å². The van der Waals surface area contributed by atoms with Crippen LogP contribution in [0.2, 0.25) is 0 Å². The van der Waals surface area contributed by atoms with Crippen molar-refractivity contribution in [3.63, 3.8) is 0 Å². The molecular weight excluding hydrogens is 652 g/mol. The van der Waals surface area contributed by atoms with E-state index in [1.54, 1.807) is 24.4 Å². The van der Waals surface area contributed by atoms with Gasteiger partial charge in [-0.15, -0.1) is 0 Å². The number of anilines is 2. The van der Waals surface area contributed by atoms with Crippen LogP contribution < -0.4 is 30.4 Å². The summed E-state index contributed by atoms with van der Waals surface area (Å²) in [6, 6.07) is 14.0. The fourth-order valence-electron chi connectivity index (χ4n) is 5.88. The maximum atomic E-state index is 15.5. The van der Waals surface area contributed by atoms with Gasteiger partial charge in [0.1, 0.15) is 28.6 Å². The largest absolute Gasteiger partial charge is 0.494 e. The Hall–Kier alpha value is -5.86. The van der Waals surface area contributed by atoms with Crippen molar-refractivity contribution < 1.29 is 37.3 Å². The number of hydrogen-bond donors (Lipinski definition) is 2. The summed E-state index contributed by atoms with van der Waals surface area (Å²) in [7, 11) is 1.48. The van der Waals surface area contributed by atoms with E-state index in [-0.39, 0.29) is 47.6 Å². The summed E-state index contributed by atoms with van der Waals surface area (Å²) in [6.45, 7) is 2.89. The topological polar surface area (TPSA) is 133 Å². The molecule has 50 heavy (non-hydrogen) atoms. The normalized spacial score (nSPS) is 14.1. The Bertz CT molecular complexity index is 2170. The highest BCUT2D eigenvalue weighted by Crippen LogP contribution is 2.37. The molecule has 0 radical (unpaired) electrons. The Balaban J connectivity index is 1.12. The van der Waals surface area contributed by atoms with Gasteiger partial charge in [-0.05, 0) is 48.5 Å². The van der Waals surface area contributed by atoms with Crippen molar-refractivity contribution in [3.05, 3.63) is 106 Å². The van der Waals surface area contributed by atoms with E-state index in [1.807, 2.05) is 4.90 Å². The number of nitrogens with one attached hydrogen (secondary N) is 2. The fraction of sp³-hybridized carbons (Fsp3) is 0.222. The maximum absolute atomic E-state index is 15.5. The molecule has 12 nitrogen and oxygen atoms in total. The van der Waals surface area contributed by atoms with Crippen LogP contribution in [0.1, 0.15) is 15.9 Å². The SMILES string of the molecule is COc1cc2nccc(Oc3ccc(NC(=O)c4c5c(cn(-c6ccc(F)cc6)c4=O)CCO5)cc3F)c2cc1NC(=O)CN1CCOCC1. The van der Waals surface area contributed by atoms with Gasteiger partial charge >= 0.3 is 0 Å². The van der Waals surface area contributed by atoms with Crippen LogP contribution in [-0.4, -0.2) is 72.8 Å². The number of fused-ring (bicyclic) bond motifs is 2. The standard InChI is InChI=1S/C36H31F2N5O7/c1-47-31-18-27-25(17-28(31)41-32(44)20-42-11-14-48-15-12-42)29(8-10-39-27)50-30-7-4-23(16-26(30)38)40-35(45)33-34-21(9-13-49-34)19-43(36(33)46)24-5-2-22(37)3-6-24/h2-8,10,16-19H,9,11-15,20H2,1H3,(H,40,45)(H,41,44). The third kappa shape index (κ3) is 6.70. The quantitative estimate of drug-likeness (QED) is 0.222. The van der Waals surface area contributed by atoms with Gasteiger partial charge in [-0.2, -0.15) is 0 Å². The lowest BCUT2D eigenvalue weighted by atomic mass is 10.1. The molecule has 0 atom stereocenters. The molecule has 14 heteroatoms. The Labute approximate surface area is 284 Å². The molecule has 0 bridgehead atoms. The molecule has 1 saturated heterocycles. The zero-order valence-corrected chi connectivity index (χ0v) is 26.8. The predicted octanol–water partition coefficient (Wildman–Crippen LogP) is 4.92. The highest BCUT2D eigenvalue weighted by atomic mass is 19.1. The number of benzene rings is 3. The third-order valence-corrected chi connectivity index (χ3v) is 8.36. The minimum atomic E-state index is -0.796. The molecule has 0 aliphatic carbocycles. The van der Waals surface area contributed by atoms with Gasteiger partial charge in [0, 0.05) is 66.4 Å². The van der Waals surface area contributed by atoms with Crippen molar-refractivity contribution >= 4 is 34.1 Å². The summed E-state index contributed by atoms with van der Waals surface area (Å²) in [5.74, 6) is -1.63. The molecule has 5 aromatic rings. The van der Waals surface area contributed by atoms with Gasteiger partial charge in [0.15, 0.2) is 11.6 Å². The second-order valence-corrected chi connectivity index (χ2v) is 11.6. The number of rotatable bonds is 9. The van der Waals surface area contributed by atoms with Gasteiger partial charge in [-0.1, -0.05) is 0 Å². The van der Waals surface area contributed by atoms with Crippen molar-refractivity contribution in [1.29, 1.82) is 0 Å². The molecule has 4 heterocycles. The fourth-order valence-corrected chi connectivity index (χ4v) is 5.88. The Morgan fingerprint density at radius 3 is 2.50 bits per heavy atom. The van der Waals surface area contributed by atoms with E-state index < -0.39 is 23.1 Å². The van der Waals surface area contributed by atoms with Crippen LogP contribution in [0.4, 0.5) is 20.2 Å². The lowest BCUT2D eigenvalue weighted by Crippen LogP contribution is -2.41. The Morgan fingerprint density at radius 1 is 0.940 bits per heavy atom. The average molecular weight is 684 g/mol. The summed E-state index contributed by atoms with van der Waals surface area (Å²) in [4.78, 5) is 46.2. The monoisotopic (exact) mass is 683 g/mol. The van der Waals surface area contributed by atoms with Gasteiger partial charge in [0.2, 0.25) is 5.91 Å². The molecule has 2 amide bonds. The molecule has 1 fully saturated rings. The van der Waals surface area contributed by atoms with E-state index in [0.29, 0.717) is 66.3 Å². The number of carbonyl (C=O) groups excluding carboxylic acids is 2. The van der Waals surface area contributed by atoms with Gasteiger partial charge in [-0.3, -0.25) is 28.8 Å². The Morgan fingerprint density at radius 2 is 1.74 bits per heavy atom. The number of pyridine rings is 2. The molecule has 2 aliphatic heterocycles. The smallest absolute Gasteiger partial charge is 0.271 e. The molecule has 2 N–H and O–H groups in total. The molecule has 0 spiro atoms. The van der Waals surface area contributed by atoms with E-state index in [1.165, 1.54) is 54.3 Å². The molecule has 0 unspecified atom stereocenters. The number of nitrogens with zero attached hydrogens (tertiary/aromatic N) is 3. The van der Waals surface area contributed by atoms with Crippen LogP contribution in [0.25, 0.3) is 16.6 Å². The van der Waals surface area contributed by atoms with Crippen LogP contribution in [0.5, 0.6) is 23.0 Å². The van der Waals surface area contributed by atoms with E-state index in [4.69, 9.17) is 18.9 Å². The van der Waals surface area contributed by atoms with Crippen molar-refractivity contribution in [3.8, 4) is 28.7 Å². The molecule has 2 aromatic heterocycles. The molecule has 3 aromatic carbocycles. The zero-order valence-electron chi connectivity index (χ0n) is 26.8. The first-order valence-corrected chi connectivity index (χ1v) is 15.8. The van der Waals surface area contributed by atoms with E-state index in [2.05, 4.69) is 15.6 Å². The average Bonchev–Trinajstić information content (AvgIpc) is 3.58. The Kier molecular flexibility index (Phi) is 9.11. The molecule has 0 saturated carbocycles. The zero-order chi connectivity index (χ0) is 34.8. The number of methoxy groups -OCH3 is 1. The second kappa shape index (κ2) is 13.9. The summed E-state index contributed by atoms with van der Waals surface area (Å²) in [5.41, 5.74) is 1.03. The highest BCUT2D eigenvalue weighted by Gasteiger charge is 2.27. The van der Waals surface area contributed by atoms with Crippen molar-refractivity contribution in [2.45, 2.75) is 6.42 Å². The minimum absolute atomic E-state index is 0.0674. The van der Waals surface area contributed by atoms with Crippen molar-refractivity contribution in [2.75, 3.05) is 57.2 Å². The van der Waals surface area contributed by atoms with E-state index in [9.17, 15) is 18.8 Å². The first kappa shape index (κ1) is 32.7. The number of halogens is 2. The first-order chi connectivity index (χ1) is 24.3. The number of hydrogen-bond acceptors (Lipinski definition) is 9. The summed E-state index contributed by atoms with van der Waals surface area (Å²) < 4.78 is 52.7. The molecule has 2 aliphatic rings. The molecule has 7 rings (SSSR count). The van der Waals surface area contributed by atoms with Gasteiger partial charge < -0.3 is 29.6 Å². The molecular formula is C36H31F2N5O7. The molecule has 256 valence electrons. The summed E-state index contributed by atoms with van der Waals surface area (Å²) in [5, 5.41) is 5.96. The van der Waals surface area contributed by atoms with Crippen LogP contribution in [0, 0.1) is 11.6 Å². The number of morpholine rings is 1. The lowest BCUT2D eigenvalue weighted by molar-refractivity contribution is -0.118. The van der Waals surface area contributed by atoms with Gasteiger partial charge in [-0.25, -0.2) is 8.78 Å². The summed E-state index contributed by atoms with van der Waals surface area (Å²) in [6.07, 6.45) is 3.54. The van der Waals surface area contributed by atoms with Crippen molar-refractivity contribution in [2.24, 2.45) is 0 Å². The van der Waals surface area contributed by atoms with Crippen LogP contribution in [0.15, 0.2) is 77.9 Å². The lowest BCUT2D eigenvalue weighted by Gasteiger charge is -2.26. The van der Waals surface area contributed by atoms with Gasteiger partial charge in [0.05, 0.1) is 44.7 Å². The predicted molar refractivity (Wildman–Crippen MR) is 180 cm³/mol. The maximum Gasteiger partial charge on any atom is 0.271 e. The van der Waals surface area contributed by atoms with Gasteiger partial charge in [0.25, 0.3) is 11.5 Å². The number of amides is 2. The number of ether oxygens (including phenoxy) is 4. The second-order valence-electron chi connectivity index (χ2n) is 11.6.